The summed E-state index contributed by atoms with van der Waals surface area (Å²) in [6.07, 6.45) is 3.25. The van der Waals surface area contributed by atoms with Gasteiger partial charge in [-0.1, -0.05) is 79.7 Å². The van der Waals surface area contributed by atoms with Crippen LogP contribution in [0, 0.1) is 0 Å². The van der Waals surface area contributed by atoms with Crippen molar-refractivity contribution in [2.75, 3.05) is 0 Å². The standard InChI is InChI=1S/C31H29NO2/c1-2-27-21-32(20-26-14-9-15-28(18-26)33-22-24-10-5-3-6-11-24)31-17-16-29(19-30(27)31)34-23-25-12-7-4-8-13-25/h3-19,21H,2,20,22-23H2,1H3. The lowest BCUT2D eigenvalue weighted by Crippen LogP contribution is -2.00. The molecule has 0 bridgehead atoms. The summed E-state index contributed by atoms with van der Waals surface area (Å²) >= 11 is 0. The minimum Gasteiger partial charge on any atom is -0.489 e. The average Bonchev–Trinajstić information content (AvgIpc) is 3.24. The van der Waals surface area contributed by atoms with Gasteiger partial charge in [-0.15, -0.1) is 0 Å². The number of nitrogens with zero attached hydrogens (tertiary/aromatic N) is 1. The van der Waals surface area contributed by atoms with E-state index in [0.717, 1.165) is 24.5 Å². The van der Waals surface area contributed by atoms with E-state index in [9.17, 15) is 0 Å². The first-order valence-electron chi connectivity index (χ1n) is 11.8. The van der Waals surface area contributed by atoms with E-state index in [-0.39, 0.29) is 0 Å². The Balaban J connectivity index is 1.32. The number of hydrogen-bond acceptors (Lipinski definition) is 2. The van der Waals surface area contributed by atoms with Crippen LogP contribution in [-0.2, 0) is 26.2 Å². The van der Waals surface area contributed by atoms with Crippen molar-refractivity contribution in [2.24, 2.45) is 0 Å². The largest absolute Gasteiger partial charge is 0.489 e. The Morgan fingerprint density at radius 2 is 1.24 bits per heavy atom. The van der Waals surface area contributed by atoms with Crippen LogP contribution in [0.1, 0.15) is 29.2 Å². The lowest BCUT2D eigenvalue weighted by molar-refractivity contribution is 0.306. The van der Waals surface area contributed by atoms with E-state index < -0.39 is 0 Å². The van der Waals surface area contributed by atoms with E-state index in [1.807, 2.05) is 42.5 Å². The maximum atomic E-state index is 6.08. The molecule has 3 heteroatoms. The van der Waals surface area contributed by atoms with Crippen LogP contribution in [0.4, 0.5) is 0 Å². The summed E-state index contributed by atoms with van der Waals surface area (Å²) in [5.41, 5.74) is 6.11. The van der Waals surface area contributed by atoms with Crippen molar-refractivity contribution in [3.05, 3.63) is 132 Å². The fourth-order valence-electron chi connectivity index (χ4n) is 4.26. The number of fused-ring (bicyclic) bond motifs is 1. The lowest BCUT2D eigenvalue weighted by Gasteiger charge is -2.10. The summed E-state index contributed by atoms with van der Waals surface area (Å²) < 4.78 is 14.4. The Bertz CT molecular complexity index is 1360. The van der Waals surface area contributed by atoms with Crippen LogP contribution >= 0.6 is 0 Å². The highest BCUT2D eigenvalue weighted by Gasteiger charge is 2.10. The molecule has 0 aliphatic carbocycles. The molecule has 170 valence electrons. The molecule has 5 rings (SSSR count). The monoisotopic (exact) mass is 447 g/mol. The number of benzene rings is 4. The molecule has 0 fully saturated rings. The molecule has 34 heavy (non-hydrogen) atoms. The molecule has 4 aromatic carbocycles. The third kappa shape index (κ3) is 5.15. The summed E-state index contributed by atoms with van der Waals surface area (Å²) in [5.74, 6) is 1.80. The molecule has 0 atom stereocenters. The van der Waals surface area contributed by atoms with E-state index in [1.54, 1.807) is 0 Å². The van der Waals surface area contributed by atoms with Crippen LogP contribution in [0.3, 0.4) is 0 Å². The van der Waals surface area contributed by atoms with Crippen LogP contribution in [0.25, 0.3) is 10.9 Å². The van der Waals surface area contributed by atoms with Gasteiger partial charge in [0, 0.05) is 23.6 Å². The van der Waals surface area contributed by atoms with Crippen molar-refractivity contribution in [3.63, 3.8) is 0 Å². The van der Waals surface area contributed by atoms with Gasteiger partial charge in [0.15, 0.2) is 0 Å². The fraction of sp³-hybridized carbons (Fsp3) is 0.161. The SMILES string of the molecule is CCc1cn(Cc2cccc(OCc3ccccc3)c2)c2ccc(OCc3ccccc3)cc12. The molecule has 1 aromatic heterocycles. The molecular weight excluding hydrogens is 418 g/mol. The van der Waals surface area contributed by atoms with E-state index in [4.69, 9.17) is 9.47 Å². The van der Waals surface area contributed by atoms with Crippen molar-refractivity contribution in [2.45, 2.75) is 33.1 Å². The summed E-state index contributed by atoms with van der Waals surface area (Å²) in [4.78, 5) is 0. The van der Waals surface area contributed by atoms with Crippen molar-refractivity contribution >= 4 is 10.9 Å². The van der Waals surface area contributed by atoms with Gasteiger partial charge in [-0.05, 0) is 59.0 Å². The predicted molar refractivity (Wildman–Crippen MR) is 138 cm³/mol. The van der Waals surface area contributed by atoms with Crippen LogP contribution in [0.5, 0.6) is 11.5 Å². The number of aromatic nitrogens is 1. The summed E-state index contributed by atoms with van der Waals surface area (Å²) in [7, 11) is 0. The minimum absolute atomic E-state index is 0.572. The third-order valence-corrected chi connectivity index (χ3v) is 6.06. The van der Waals surface area contributed by atoms with Gasteiger partial charge >= 0.3 is 0 Å². The first-order valence-corrected chi connectivity index (χ1v) is 11.8. The van der Waals surface area contributed by atoms with Gasteiger partial charge in [0.1, 0.15) is 24.7 Å². The van der Waals surface area contributed by atoms with Crippen LogP contribution in [-0.4, -0.2) is 4.57 Å². The zero-order valence-electron chi connectivity index (χ0n) is 19.5. The summed E-state index contributed by atoms with van der Waals surface area (Å²) in [6, 6.07) is 35.3. The van der Waals surface area contributed by atoms with Gasteiger partial charge in [0.2, 0.25) is 0 Å². The molecule has 5 aromatic rings. The first kappa shape index (κ1) is 21.8. The number of aryl methyl sites for hydroxylation is 1. The van der Waals surface area contributed by atoms with Gasteiger partial charge in [-0.3, -0.25) is 0 Å². The Hall–Kier alpha value is -3.98. The zero-order valence-corrected chi connectivity index (χ0v) is 19.5. The molecule has 0 aliphatic heterocycles. The second-order valence-corrected chi connectivity index (χ2v) is 8.51. The van der Waals surface area contributed by atoms with Crippen LogP contribution in [0.2, 0.25) is 0 Å². The molecule has 0 unspecified atom stereocenters. The first-order chi connectivity index (χ1) is 16.8. The van der Waals surface area contributed by atoms with Gasteiger partial charge in [0.25, 0.3) is 0 Å². The third-order valence-electron chi connectivity index (χ3n) is 6.06. The second kappa shape index (κ2) is 10.3. The topological polar surface area (TPSA) is 23.4 Å². The molecule has 3 nitrogen and oxygen atoms in total. The van der Waals surface area contributed by atoms with Gasteiger partial charge in [-0.25, -0.2) is 0 Å². The van der Waals surface area contributed by atoms with Gasteiger partial charge < -0.3 is 14.0 Å². The Morgan fingerprint density at radius 1 is 0.618 bits per heavy atom. The van der Waals surface area contributed by atoms with Crippen molar-refractivity contribution in [3.8, 4) is 11.5 Å². The summed E-state index contributed by atoms with van der Waals surface area (Å²) in [5, 5.41) is 1.25. The Morgan fingerprint density at radius 3 is 1.88 bits per heavy atom. The molecule has 0 radical (unpaired) electrons. The number of hydrogen-bond donors (Lipinski definition) is 0. The Labute approximate surface area is 201 Å². The van der Waals surface area contributed by atoms with Crippen molar-refractivity contribution in [1.82, 2.24) is 4.57 Å². The quantitative estimate of drug-likeness (QED) is 0.235. The molecule has 0 spiro atoms. The molecule has 0 aliphatic rings. The number of rotatable bonds is 9. The van der Waals surface area contributed by atoms with Gasteiger partial charge in [-0.2, -0.15) is 0 Å². The van der Waals surface area contributed by atoms with Crippen LogP contribution in [0.15, 0.2) is 109 Å². The maximum absolute atomic E-state index is 6.08. The van der Waals surface area contributed by atoms with Crippen molar-refractivity contribution < 1.29 is 9.47 Å². The number of ether oxygens (including phenoxy) is 2. The molecule has 1 heterocycles. The highest BCUT2D eigenvalue weighted by molar-refractivity contribution is 5.85. The van der Waals surface area contributed by atoms with E-state index in [0.29, 0.717) is 13.2 Å². The Kier molecular flexibility index (Phi) is 6.62. The van der Waals surface area contributed by atoms with Gasteiger partial charge in [0.05, 0.1) is 0 Å². The molecule has 0 saturated carbocycles. The molecule has 0 saturated heterocycles. The van der Waals surface area contributed by atoms with E-state index in [2.05, 4.69) is 78.4 Å². The van der Waals surface area contributed by atoms with E-state index >= 15 is 0 Å². The highest BCUT2D eigenvalue weighted by atomic mass is 16.5. The second-order valence-electron chi connectivity index (χ2n) is 8.51. The fourth-order valence-corrected chi connectivity index (χ4v) is 4.26. The average molecular weight is 448 g/mol. The van der Waals surface area contributed by atoms with Crippen molar-refractivity contribution in [1.29, 1.82) is 0 Å². The normalized spacial score (nSPS) is 11.0. The molecule has 0 N–H and O–H groups in total. The predicted octanol–water partition coefficient (Wildman–Crippen LogP) is 7.41. The summed E-state index contributed by atoms with van der Waals surface area (Å²) in [6.45, 7) is 4.14. The zero-order chi connectivity index (χ0) is 23.2. The van der Waals surface area contributed by atoms with E-state index in [1.165, 1.54) is 33.2 Å². The molecule has 0 amide bonds. The molecular formula is C31H29NO2. The lowest BCUT2D eigenvalue weighted by atomic mass is 10.1. The van der Waals surface area contributed by atoms with Crippen LogP contribution < -0.4 is 9.47 Å². The minimum atomic E-state index is 0.572. The smallest absolute Gasteiger partial charge is 0.120 e. The maximum Gasteiger partial charge on any atom is 0.120 e. The highest BCUT2D eigenvalue weighted by Crippen LogP contribution is 2.28.